The maximum absolute atomic E-state index is 12.3. The fourth-order valence-electron chi connectivity index (χ4n) is 0.924. The molecule has 1 rings (SSSR count). The fraction of sp³-hybridized carbons (Fsp3) is 0.375. The summed E-state index contributed by atoms with van der Waals surface area (Å²) in [6.07, 6.45) is -3.71. The summed E-state index contributed by atoms with van der Waals surface area (Å²) >= 11 is 0. The summed E-state index contributed by atoms with van der Waals surface area (Å²) in [5.41, 5.74) is 0.201. The van der Waals surface area contributed by atoms with E-state index in [0.29, 0.717) is 5.56 Å². The minimum atomic E-state index is -4.84. The molecule has 0 fully saturated rings. The zero-order valence-corrected chi connectivity index (χ0v) is 7.23. The number of hydrogen-bond donors (Lipinski definition) is 0. The number of hydrogen-bond acceptors (Lipinski definition) is 2. The minimum Gasteiger partial charge on any atom is -0.387 e. The maximum Gasteiger partial charge on any atom is 0.574 e. The highest BCUT2D eigenvalue weighted by Crippen LogP contribution is 2.26. The summed E-state index contributed by atoms with van der Waals surface area (Å²) in [6.45, 7) is 0.449. The molecule has 1 aromatic rings. The van der Waals surface area contributed by atoms with E-state index in [1.54, 1.807) is 0 Å². The van der Waals surface area contributed by atoms with E-state index < -0.39 is 18.9 Å². The molecule has 1 aromatic heterocycles. The molecule has 0 saturated heterocycles. The van der Waals surface area contributed by atoms with Crippen LogP contribution >= 0.6 is 0 Å². The second-order valence-electron chi connectivity index (χ2n) is 2.59. The summed E-state index contributed by atoms with van der Waals surface area (Å²) in [5.74, 6) is -0.722. The van der Waals surface area contributed by atoms with Gasteiger partial charge >= 0.3 is 6.36 Å². The summed E-state index contributed by atoms with van der Waals surface area (Å²) in [6, 6.07) is 1.41. The molecule has 0 aromatic carbocycles. The van der Waals surface area contributed by atoms with Crippen molar-refractivity contribution in [2.24, 2.45) is 0 Å². The third-order valence-corrected chi connectivity index (χ3v) is 1.60. The van der Waals surface area contributed by atoms with Crippen LogP contribution in [0, 0.1) is 6.92 Å². The van der Waals surface area contributed by atoms with Gasteiger partial charge in [0.25, 0.3) is 0 Å². The standard InChI is InChI=1S/C8H7F4NO/c1-5-2-3-13-7(6(5)4-9)14-8(10,11)12/h2-3H,4H2,1H3. The number of nitrogens with zero attached hydrogens (tertiary/aromatic N) is 1. The van der Waals surface area contributed by atoms with Crippen molar-refractivity contribution >= 4 is 0 Å². The maximum atomic E-state index is 12.3. The molecule has 0 unspecified atom stereocenters. The topological polar surface area (TPSA) is 22.1 Å². The van der Waals surface area contributed by atoms with E-state index in [-0.39, 0.29) is 5.56 Å². The van der Waals surface area contributed by atoms with Crippen LogP contribution in [0.5, 0.6) is 5.88 Å². The van der Waals surface area contributed by atoms with Crippen molar-refractivity contribution in [3.63, 3.8) is 0 Å². The molecule has 6 heteroatoms. The number of pyridine rings is 1. The molecule has 0 atom stereocenters. The Morgan fingerprint density at radius 1 is 1.43 bits per heavy atom. The summed E-state index contributed by atoms with van der Waals surface area (Å²) in [4.78, 5) is 3.31. The first-order valence-electron chi connectivity index (χ1n) is 3.70. The number of aromatic nitrogens is 1. The van der Waals surface area contributed by atoms with Gasteiger partial charge < -0.3 is 4.74 Å². The Kier molecular flexibility index (Phi) is 2.93. The van der Waals surface area contributed by atoms with Crippen LogP contribution in [0.2, 0.25) is 0 Å². The Hall–Kier alpha value is -1.33. The number of rotatable bonds is 2. The molecular weight excluding hydrogens is 202 g/mol. The molecule has 0 bridgehead atoms. The van der Waals surface area contributed by atoms with Gasteiger partial charge in [0.1, 0.15) is 6.67 Å². The second-order valence-corrected chi connectivity index (χ2v) is 2.59. The van der Waals surface area contributed by atoms with Gasteiger partial charge in [-0.3, -0.25) is 0 Å². The number of halogens is 4. The second kappa shape index (κ2) is 3.81. The van der Waals surface area contributed by atoms with E-state index in [1.807, 2.05) is 0 Å². The van der Waals surface area contributed by atoms with Crippen LogP contribution in [0.3, 0.4) is 0 Å². The van der Waals surface area contributed by atoms with Crippen LogP contribution in [0.4, 0.5) is 17.6 Å². The Labute approximate surface area is 77.5 Å². The normalized spacial score (nSPS) is 11.5. The van der Waals surface area contributed by atoms with E-state index in [9.17, 15) is 17.6 Å². The molecule has 0 aliphatic carbocycles. The average Bonchev–Trinajstić information content (AvgIpc) is 2.01. The number of aryl methyl sites for hydroxylation is 1. The highest BCUT2D eigenvalue weighted by Gasteiger charge is 2.33. The van der Waals surface area contributed by atoms with E-state index in [0.717, 1.165) is 6.20 Å². The van der Waals surface area contributed by atoms with Gasteiger partial charge in [-0.05, 0) is 18.6 Å². The van der Waals surface area contributed by atoms with Gasteiger partial charge in [0.05, 0.1) is 0 Å². The highest BCUT2D eigenvalue weighted by molar-refractivity contribution is 5.32. The Bertz CT molecular complexity index is 324. The molecule has 0 N–H and O–H groups in total. The van der Waals surface area contributed by atoms with Crippen LogP contribution in [0.15, 0.2) is 12.3 Å². The van der Waals surface area contributed by atoms with Gasteiger partial charge in [-0.1, -0.05) is 0 Å². The van der Waals surface area contributed by atoms with Gasteiger partial charge in [0, 0.05) is 11.8 Å². The quantitative estimate of drug-likeness (QED) is 0.698. The molecule has 78 valence electrons. The highest BCUT2D eigenvalue weighted by atomic mass is 19.4. The van der Waals surface area contributed by atoms with Gasteiger partial charge in [0.15, 0.2) is 0 Å². The third-order valence-electron chi connectivity index (χ3n) is 1.60. The van der Waals surface area contributed by atoms with Crippen molar-refractivity contribution in [3.05, 3.63) is 23.4 Å². The number of ether oxygens (including phenoxy) is 1. The summed E-state index contributed by atoms with van der Waals surface area (Å²) < 4.78 is 51.3. The molecule has 0 spiro atoms. The first-order valence-corrected chi connectivity index (χ1v) is 3.70. The van der Waals surface area contributed by atoms with Crippen molar-refractivity contribution in [1.29, 1.82) is 0 Å². The average molecular weight is 209 g/mol. The van der Waals surface area contributed by atoms with Gasteiger partial charge in [-0.25, -0.2) is 9.37 Å². The van der Waals surface area contributed by atoms with E-state index >= 15 is 0 Å². The van der Waals surface area contributed by atoms with E-state index in [4.69, 9.17) is 0 Å². The third kappa shape index (κ3) is 2.58. The lowest BCUT2D eigenvalue weighted by Gasteiger charge is -2.11. The predicted molar refractivity (Wildman–Crippen MR) is 40.5 cm³/mol. The smallest absolute Gasteiger partial charge is 0.387 e. The molecule has 1 heterocycles. The Morgan fingerprint density at radius 2 is 2.07 bits per heavy atom. The van der Waals surface area contributed by atoms with Crippen molar-refractivity contribution in [3.8, 4) is 5.88 Å². The van der Waals surface area contributed by atoms with Crippen molar-refractivity contribution in [2.45, 2.75) is 20.0 Å². The Morgan fingerprint density at radius 3 is 2.57 bits per heavy atom. The molecular formula is C8H7F4NO. The zero-order chi connectivity index (χ0) is 10.8. The first kappa shape index (κ1) is 10.7. The molecule has 0 aliphatic heterocycles. The fourth-order valence-corrected chi connectivity index (χ4v) is 0.924. The zero-order valence-electron chi connectivity index (χ0n) is 7.23. The molecule has 2 nitrogen and oxygen atoms in total. The SMILES string of the molecule is Cc1ccnc(OC(F)(F)F)c1CF. The summed E-state index contributed by atoms with van der Waals surface area (Å²) in [7, 11) is 0. The van der Waals surface area contributed by atoms with Crippen molar-refractivity contribution < 1.29 is 22.3 Å². The molecule has 0 radical (unpaired) electrons. The van der Waals surface area contributed by atoms with E-state index in [1.165, 1.54) is 13.0 Å². The van der Waals surface area contributed by atoms with Crippen LogP contribution < -0.4 is 4.74 Å². The van der Waals surface area contributed by atoms with Gasteiger partial charge in [-0.2, -0.15) is 0 Å². The van der Waals surface area contributed by atoms with Gasteiger partial charge in [-0.15, -0.1) is 13.2 Å². The molecule has 0 aliphatic rings. The van der Waals surface area contributed by atoms with Crippen molar-refractivity contribution in [1.82, 2.24) is 4.98 Å². The van der Waals surface area contributed by atoms with Crippen molar-refractivity contribution in [2.75, 3.05) is 0 Å². The predicted octanol–water partition coefficient (Wildman–Crippen LogP) is 2.76. The summed E-state index contributed by atoms with van der Waals surface area (Å²) in [5, 5.41) is 0. The monoisotopic (exact) mass is 209 g/mol. The molecule has 14 heavy (non-hydrogen) atoms. The lowest BCUT2D eigenvalue weighted by molar-refractivity contribution is -0.276. The molecule has 0 saturated carbocycles. The largest absolute Gasteiger partial charge is 0.574 e. The van der Waals surface area contributed by atoms with Crippen LogP contribution in [-0.4, -0.2) is 11.3 Å². The van der Waals surface area contributed by atoms with Crippen LogP contribution in [0.1, 0.15) is 11.1 Å². The Balaban J connectivity index is 3.02. The number of alkyl halides is 4. The van der Waals surface area contributed by atoms with Gasteiger partial charge in [0.2, 0.25) is 5.88 Å². The van der Waals surface area contributed by atoms with Crippen LogP contribution in [-0.2, 0) is 6.67 Å². The first-order chi connectivity index (χ1) is 6.44. The molecule has 0 amide bonds. The van der Waals surface area contributed by atoms with E-state index in [2.05, 4.69) is 9.72 Å². The minimum absolute atomic E-state index is 0.176. The lowest BCUT2D eigenvalue weighted by Crippen LogP contribution is -2.19. The van der Waals surface area contributed by atoms with Crippen LogP contribution in [0.25, 0.3) is 0 Å². The lowest BCUT2D eigenvalue weighted by atomic mass is 10.2.